The first-order valence-electron chi connectivity index (χ1n) is 10.2. The minimum absolute atomic E-state index is 0.0296. The van der Waals surface area contributed by atoms with E-state index >= 15 is 0 Å². The fraction of sp³-hybridized carbons (Fsp3) is 0.609. The van der Waals surface area contributed by atoms with Crippen molar-refractivity contribution in [2.75, 3.05) is 6.61 Å². The predicted octanol–water partition coefficient (Wildman–Crippen LogP) is 2.93. The monoisotopic (exact) mass is 384 g/mol. The van der Waals surface area contributed by atoms with Crippen molar-refractivity contribution in [1.29, 1.82) is 0 Å². The van der Waals surface area contributed by atoms with Crippen LogP contribution in [0.2, 0.25) is 0 Å². The molecule has 5 heteroatoms. The molecule has 0 aromatic rings. The molecule has 6 atom stereocenters. The molecule has 2 saturated carbocycles. The quantitative estimate of drug-likeness (QED) is 0.757. The van der Waals surface area contributed by atoms with E-state index in [1.165, 1.54) is 6.92 Å². The number of Topliss-reactive ketones (excluding diaryl/α,β-unsaturated/α-hetero) is 1. The standard InChI is InChI=1S/C23H28O5/c1-13(24)28-12-20(27)18-7-6-17-16-5-4-14-10-15(25)8-9-22(14,2)21(16)19(26)11-23(17,18)3/h7-10,16-17,19,21,26H,4-6,11-12H2,1-3H3. The fourth-order valence-electron chi connectivity index (χ4n) is 6.57. The van der Waals surface area contributed by atoms with Crippen molar-refractivity contribution in [1.82, 2.24) is 0 Å². The number of carbonyl (C=O) groups is 3. The molecule has 0 saturated heterocycles. The summed E-state index contributed by atoms with van der Waals surface area (Å²) in [5.74, 6) is 0.0194. The fourth-order valence-corrected chi connectivity index (χ4v) is 6.57. The Morgan fingerprint density at radius 3 is 2.79 bits per heavy atom. The number of carbonyl (C=O) groups excluding carboxylic acids is 3. The Bertz CT molecular complexity index is 834. The van der Waals surface area contributed by atoms with Crippen LogP contribution in [0.3, 0.4) is 0 Å². The summed E-state index contributed by atoms with van der Waals surface area (Å²) in [5, 5.41) is 11.2. The number of aliphatic hydroxyl groups excluding tert-OH is 1. The number of aliphatic hydroxyl groups is 1. The molecule has 28 heavy (non-hydrogen) atoms. The molecule has 150 valence electrons. The van der Waals surface area contributed by atoms with E-state index in [2.05, 4.69) is 13.8 Å². The molecule has 0 aromatic carbocycles. The Kier molecular flexibility index (Phi) is 4.49. The molecule has 4 aliphatic carbocycles. The van der Waals surface area contributed by atoms with Gasteiger partial charge in [0.25, 0.3) is 0 Å². The highest BCUT2D eigenvalue weighted by molar-refractivity contribution is 6.01. The van der Waals surface area contributed by atoms with Gasteiger partial charge in [-0.15, -0.1) is 0 Å². The van der Waals surface area contributed by atoms with E-state index in [0.29, 0.717) is 12.0 Å². The molecule has 6 unspecified atom stereocenters. The highest BCUT2D eigenvalue weighted by Crippen LogP contribution is 2.64. The van der Waals surface area contributed by atoms with Crippen LogP contribution in [-0.4, -0.2) is 35.4 Å². The minimum Gasteiger partial charge on any atom is -0.457 e. The topological polar surface area (TPSA) is 80.7 Å². The van der Waals surface area contributed by atoms with E-state index < -0.39 is 17.5 Å². The van der Waals surface area contributed by atoms with Crippen LogP contribution in [0.15, 0.2) is 35.5 Å². The Morgan fingerprint density at radius 2 is 2.07 bits per heavy atom. The summed E-state index contributed by atoms with van der Waals surface area (Å²) in [5.41, 5.74) is 1.13. The second kappa shape index (κ2) is 6.51. The average molecular weight is 384 g/mol. The van der Waals surface area contributed by atoms with Crippen molar-refractivity contribution in [3.8, 4) is 0 Å². The van der Waals surface area contributed by atoms with E-state index in [9.17, 15) is 19.5 Å². The number of esters is 1. The molecule has 0 aliphatic heterocycles. The summed E-state index contributed by atoms with van der Waals surface area (Å²) in [6, 6.07) is 0. The van der Waals surface area contributed by atoms with Crippen molar-refractivity contribution in [3.05, 3.63) is 35.5 Å². The smallest absolute Gasteiger partial charge is 0.303 e. The van der Waals surface area contributed by atoms with Crippen LogP contribution in [0, 0.1) is 28.6 Å². The van der Waals surface area contributed by atoms with Gasteiger partial charge in [-0.25, -0.2) is 0 Å². The zero-order chi connectivity index (χ0) is 20.3. The molecular weight excluding hydrogens is 356 g/mol. The van der Waals surface area contributed by atoms with Gasteiger partial charge in [0, 0.05) is 29.2 Å². The highest BCUT2D eigenvalue weighted by Gasteiger charge is 2.60. The predicted molar refractivity (Wildman–Crippen MR) is 103 cm³/mol. The second-order valence-corrected chi connectivity index (χ2v) is 9.27. The van der Waals surface area contributed by atoms with Crippen molar-refractivity contribution in [3.63, 3.8) is 0 Å². The summed E-state index contributed by atoms with van der Waals surface area (Å²) < 4.78 is 4.93. The molecule has 0 amide bonds. The van der Waals surface area contributed by atoms with Gasteiger partial charge < -0.3 is 9.84 Å². The van der Waals surface area contributed by atoms with Gasteiger partial charge in [-0.2, -0.15) is 0 Å². The van der Waals surface area contributed by atoms with Crippen LogP contribution in [0.1, 0.15) is 46.5 Å². The number of hydrogen-bond acceptors (Lipinski definition) is 5. The first kappa shape index (κ1) is 19.3. The number of fused-ring (bicyclic) bond motifs is 5. The van der Waals surface area contributed by atoms with Gasteiger partial charge in [-0.3, -0.25) is 14.4 Å². The average Bonchev–Trinajstić information content (AvgIpc) is 2.96. The zero-order valence-electron chi connectivity index (χ0n) is 16.7. The van der Waals surface area contributed by atoms with E-state index in [4.69, 9.17) is 4.74 Å². The van der Waals surface area contributed by atoms with Crippen LogP contribution < -0.4 is 0 Å². The van der Waals surface area contributed by atoms with Crippen LogP contribution in [0.5, 0.6) is 0 Å². The highest BCUT2D eigenvalue weighted by atomic mass is 16.5. The van der Waals surface area contributed by atoms with Crippen molar-refractivity contribution >= 4 is 17.5 Å². The van der Waals surface area contributed by atoms with Crippen LogP contribution in [-0.2, 0) is 19.1 Å². The van der Waals surface area contributed by atoms with Gasteiger partial charge in [0.15, 0.2) is 18.2 Å². The summed E-state index contributed by atoms with van der Waals surface area (Å²) in [7, 11) is 0. The molecule has 0 spiro atoms. The molecule has 2 fully saturated rings. The van der Waals surface area contributed by atoms with Gasteiger partial charge in [0.05, 0.1) is 6.10 Å². The largest absolute Gasteiger partial charge is 0.457 e. The zero-order valence-corrected chi connectivity index (χ0v) is 16.7. The summed E-state index contributed by atoms with van der Waals surface area (Å²) >= 11 is 0. The molecule has 0 radical (unpaired) electrons. The molecule has 0 heterocycles. The first-order chi connectivity index (χ1) is 13.2. The molecule has 4 aliphatic rings. The lowest BCUT2D eigenvalue weighted by atomic mass is 9.47. The first-order valence-corrected chi connectivity index (χ1v) is 10.2. The molecule has 1 N–H and O–H groups in total. The molecule has 0 aromatic heterocycles. The van der Waals surface area contributed by atoms with Gasteiger partial charge in [-0.1, -0.05) is 31.6 Å². The molecule has 4 rings (SSSR count). The van der Waals surface area contributed by atoms with Crippen molar-refractivity contribution in [2.24, 2.45) is 28.6 Å². The maximum absolute atomic E-state index is 12.7. The Labute approximate surface area is 165 Å². The van der Waals surface area contributed by atoms with E-state index in [-0.39, 0.29) is 41.3 Å². The number of ether oxygens (including phenoxy) is 1. The molecular formula is C23H28O5. The minimum atomic E-state index is -0.555. The SMILES string of the molecule is CC(=O)OCC(=O)C1=CCC2C3CCC4=CC(=O)C=CC4(C)C3C(O)CC12C. The van der Waals surface area contributed by atoms with E-state index in [0.717, 1.165) is 24.8 Å². The number of rotatable bonds is 3. The number of hydrogen-bond donors (Lipinski definition) is 1. The van der Waals surface area contributed by atoms with Gasteiger partial charge in [0.1, 0.15) is 0 Å². The van der Waals surface area contributed by atoms with Gasteiger partial charge in [-0.05, 0) is 49.7 Å². The van der Waals surface area contributed by atoms with Crippen LogP contribution >= 0.6 is 0 Å². The van der Waals surface area contributed by atoms with Crippen molar-refractivity contribution in [2.45, 2.75) is 52.6 Å². The van der Waals surface area contributed by atoms with E-state index in [1.807, 2.05) is 12.2 Å². The Balaban J connectivity index is 1.63. The summed E-state index contributed by atoms with van der Waals surface area (Å²) in [6.45, 7) is 5.28. The Morgan fingerprint density at radius 1 is 1.32 bits per heavy atom. The van der Waals surface area contributed by atoms with Gasteiger partial charge >= 0.3 is 5.97 Å². The third kappa shape index (κ3) is 2.74. The van der Waals surface area contributed by atoms with Gasteiger partial charge in [0.2, 0.25) is 0 Å². The van der Waals surface area contributed by atoms with E-state index in [1.54, 1.807) is 12.2 Å². The second-order valence-electron chi connectivity index (χ2n) is 9.27. The lowest BCUT2D eigenvalue weighted by Gasteiger charge is -2.58. The van der Waals surface area contributed by atoms with Crippen LogP contribution in [0.4, 0.5) is 0 Å². The summed E-state index contributed by atoms with van der Waals surface area (Å²) in [6.07, 6.45) is 9.91. The molecule has 5 nitrogen and oxygen atoms in total. The lowest BCUT2D eigenvalue weighted by Crippen LogP contribution is -2.55. The lowest BCUT2D eigenvalue weighted by molar-refractivity contribution is -0.145. The number of allylic oxidation sites excluding steroid dienone is 5. The third-order valence-electron chi connectivity index (χ3n) is 7.78. The van der Waals surface area contributed by atoms with Crippen LogP contribution in [0.25, 0.3) is 0 Å². The normalized spacial score (nSPS) is 41.4. The summed E-state index contributed by atoms with van der Waals surface area (Å²) in [4.78, 5) is 35.7. The maximum atomic E-state index is 12.7. The third-order valence-corrected chi connectivity index (χ3v) is 7.78. The Hall–Kier alpha value is -2.01. The number of ketones is 2. The molecule has 0 bridgehead atoms. The maximum Gasteiger partial charge on any atom is 0.303 e. The van der Waals surface area contributed by atoms with Crippen molar-refractivity contribution < 1.29 is 24.2 Å².